The second-order valence-corrected chi connectivity index (χ2v) is 6.32. The van der Waals surface area contributed by atoms with Gasteiger partial charge < -0.3 is 13.7 Å². The number of hydrogen-bond acceptors (Lipinski definition) is 6. The van der Waals surface area contributed by atoms with Gasteiger partial charge in [0.1, 0.15) is 0 Å². The molecular formula is C17H17N3O3S. The van der Waals surface area contributed by atoms with E-state index in [9.17, 15) is 4.79 Å². The first-order chi connectivity index (χ1) is 11.7. The highest BCUT2D eigenvalue weighted by atomic mass is 32.2. The maximum absolute atomic E-state index is 12.7. The van der Waals surface area contributed by atoms with Crippen LogP contribution in [-0.2, 0) is 4.79 Å². The molecule has 1 amide bonds. The first-order valence-corrected chi connectivity index (χ1v) is 8.47. The minimum atomic E-state index is -0.352. The predicted molar refractivity (Wildman–Crippen MR) is 91.8 cm³/mol. The molecule has 0 bridgehead atoms. The maximum Gasteiger partial charge on any atom is 0.284 e. The molecule has 0 aliphatic carbocycles. The Morgan fingerprint density at radius 2 is 2.00 bits per heavy atom. The molecule has 2 aromatic heterocycles. The molecule has 1 aromatic carbocycles. The van der Waals surface area contributed by atoms with E-state index in [1.165, 1.54) is 18.0 Å². The third kappa shape index (κ3) is 3.51. The summed E-state index contributed by atoms with van der Waals surface area (Å²) in [6.07, 6.45) is 1.54. The molecule has 0 fully saturated rings. The fraction of sp³-hybridized carbons (Fsp3) is 0.235. The van der Waals surface area contributed by atoms with Gasteiger partial charge in [-0.2, -0.15) is 0 Å². The fourth-order valence-corrected chi connectivity index (χ4v) is 3.00. The van der Waals surface area contributed by atoms with Crippen LogP contribution in [0, 0.1) is 0 Å². The van der Waals surface area contributed by atoms with Crippen molar-refractivity contribution in [3.8, 4) is 11.7 Å². The Kier molecular flexibility index (Phi) is 5.00. The van der Waals surface area contributed by atoms with Crippen LogP contribution in [0.3, 0.4) is 0 Å². The number of amides is 1. The van der Waals surface area contributed by atoms with Crippen LogP contribution in [0.1, 0.15) is 13.8 Å². The SMILES string of the molecule is CCN(C(=O)[C@@H](C)Sc1nnc(-c2ccco2)o1)c1ccccc1. The van der Waals surface area contributed by atoms with Gasteiger partial charge in [0.25, 0.3) is 11.1 Å². The van der Waals surface area contributed by atoms with Gasteiger partial charge in [-0.25, -0.2) is 0 Å². The number of para-hydroxylation sites is 1. The third-order valence-corrected chi connectivity index (χ3v) is 4.34. The van der Waals surface area contributed by atoms with E-state index in [0.717, 1.165) is 5.69 Å². The van der Waals surface area contributed by atoms with Gasteiger partial charge in [0, 0.05) is 12.2 Å². The quantitative estimate of drug-likeness (QED) is 0.633. The second kappa shape index (κ2) is 7.35. The molecule has 0 aliphatic heterocycles. The van der Waals surface area contributed by atoms with Gasteiger partial charge in [-0.1, -0.05) is 30.0 Å². The highest BCUT2D eigenvalue weighted by Crippen LogP contribution is 2.28. The van der Waals surface area contributed by atoms with Crippen LogP contribution >= 0.6 is 11.8 Å². The zero-order valence-corrected chi connectivity index (χ0v) is 14.2. The van der Waals surface area contributed by atoms with Gasteiger partial charge in [-0.05, 0) is 38.1 Å². The summed E-state index contributed by atoms with van der Waals surface area (Å²) in [5.74, 6) is 0.803. The first kappa shape index (κ1) is 16.3. The number of carbonyl (C=O) groups is 1. The molecule has 0 radical (unpaired) electrons. The third-order valence-electron chi connectivity index (χ3n) is 3.41. The average molecular weight is 343 g/mol. The molecule has 0 unspecified atom stereocenters. The van der Waals surface area contributed by atoms with E-state index in [-0.39, 0.29) is 11.2 Å². The fourth-order valence-electron chi connectivity index (χ4n) is 2.25. The van der Waals surface area contributed by atoms with Crippen molar-refractivity contribution in [3.05, 3.63) is 48.7 Å². The Bertz CT molecular complexity index is 787. The van der Waals surface area contributed by atoms with Crippen molar-refractivity contribution in [2.75, 3.05) is 11.4 Å². The van der Waals surface area contributed by atoms with Crippen molar-refractivity contribution in [3.63, 3.8) is 0 Å². The molecule has 2 heterocycles. The van der Waals surface area contributed by atoms with Gasteiger partial charge in [0.05, 0.1) is 11.5 Å². The maximum atomic E-state index is 12.7. The molecule has 3 aromatic rings. The summed E-state index contributed by atoms with van der Waals surface area (Å²) in [6, 6.07) is 13.1. The molecule has 7 heteroatoms. The topological polar surface area (TPSA) is 72.4 Å². The number of nitrogens with zero attached hydrogens (tertiary/aromatic N) is 3. The lowest BCUT2D eigenvalue weighted by Gasteiger charge is -2.23. The average Bonchev–Trinajstić information content (AvgIpc) is 3.27. The van der Waals surface area contributed by atoms with E-state index in [1.807, 2.05) is 44.2 Å². The zero-order chi connectivity index (χ0) is 16.9. The molecule has 0 saturated carbocycles. The van der Waals surface area contributed by atoms with Crippen LogP contribution < -0.4 is 4.90 Å². The smallest absolute Gasteiger partial charge is 0.284 e. The van der Waals surface area contributed by atoms with E-state index in [4.69, 9.17) is 8.83 Å². The number of aromatic nitrogens is 2. The second-order valence-electron chi connectivity index (χ2n) is 5.03. The predicted octanol–water partition coefficient (Wildman–Crippen LogP) is 3.86. The Morgan fingerprint density at radius 1 is 1.21 bits per heavy atom. The van der Waals surface area contributed by atoms with Crippen LogP contribution in [-0.4, -0.2) is 27.9 Å². The number of thioether (sulfide) groups is 1. The van der Waals surface area contributed by atoms with Crippen molar-refractivity contribution in [2.45, 2.75) is 24.3 Å². The van der Waals surface area contributed by atoms with Crippen molar-refractivity contribution < 1.29 is 13.6 Å². The molecule has 0 spiro atoms. The minimum Gasteiger partial charge on any atom is -0.459 e. The highest BCUT2D eigenvalue weighted by Gasteiger charge is 2.24. The number of benzene rings is 1. The summed E-state index contributed by atoms with van der Waals surface area (Å²) >= 11 is 1.23. The number of furan rings is 1. The molecular weight excluding hydrogens is 326 g/mol. The van der Waals surface area contributed by atoms with Crippen molar-refractivity contribution in [1.82, 2.24) is 10.2 Å². The number of carbonyl (C=O) groups excluding carboxylic acids is 1. The van der Waals surface area contributed by atoms with E-state index in [2.05, 4.69) is 10.2 Å². The summed E-state index contributed by atoms with van der Waals surface area (Å²) in [4.78, 5) is 14.4. The molecule has 0 saturated heterocycles. The van der Waals surface area contributed by atoms with Crippen LogP contribution in [0.15, 0.2) is 62.8 Å². The van der Waals surface area contributed by atoms with E-state index in [1.54, 1.807) is 17.0 Å². The highest BCUT2D eigenvalue weighted by molar-refractivity contribution is 8.00. The molecule has 124 valence electrons. The van der Waals surface area contributed by atoms with Crippen LogP contribution in [0.5, 0.6) is 0 Å². The number of hydrogen-bond donors (Lipinski definition) is 0. The van der Waals surface area contributed by atoms with Gasteiger partial charge in [0.15, 0.2) is 5.76 Å². The standard InChI is InChI=1S/C17H17N3O3S/c1-3-20(13-8-5-4-6-9-13)16(21)12(2)24-17-19-18-15(23-17)14-10-7-11-22-14/h4-12H,3H2,1-2H3/t12-/m1/s1. The minimum absolute atomic E-state index is 0.00792. The monoisotopic (exact) mass is 343 g/mol. The number of rotatable bonds is 6. The summed E-state index contributed by atoms with van der Waals surface area (Å²) in [7, 11) is 0. The lowest BCUT2D eigenvalue weighted by atomic mass is 10.2. The Hall–Kier alpha value is -2.54. The van der Waals surface area contributed by atoms with Crippen molar-refractivity contribution in [2.24, 2.45) is 0 Å². The van der Waals surface area contributed by atoms with Gasteiger partial charge in [-0.15, -0.1) is 10.2 Å². The van der Waals surface area contributed by atoms with Crippen molar-refractivity contribution in [1.29, 1.82) is 0 Å². The Balaban J connectivity index is 1.70. The Labute approximate surface area is 143 Å². The molecule has 0 aliphatic rings. The summed E-state index contributed by atoms with van der Waals surface area (Å²) < 4.78 is 10.8. The van der Waals surface area contributed by atoms with Crippen molar-refractivity contribution >= 4 is 23.4 Å². The van der Waals surface area contributed by atoms with Gasteiger partial charge >= 0.3 is 0 Å². The normalized spacial score (nSPS) is 12.1. The summed E-state index contributed by atoms with van der Waals surface area (Å²) in [5.41, 5.74) is 0.874. The largest absolute Gasteiger partial charge is 0.459 e. The van der Waals surface area contributed by atoms with Gasteiger partial charge in [0.2, 0.25) is 5.91 Å². The summed E-state index contributed by atoms with van der Waals surface area (Å²) in [6.45, 7) is 4.37. The Morgan fingerprint density at radius 3 is 2.67 bits per heavy atom. The lowest BCUT2D eigenvalue weighted by Crippen LogP contribution is -2.36. The lowest BCUT2D eigenvalue weighted by molar-refractivity contribution is -0.117. The van der Waals surface area contributed by atoms with E-state index >= 15 is 0 Å². The van der Waals surface area contributed by atoms with Gasteiger partial charge in [-0.3, -0.25) is 4.79 Å². The van der Waals surface area contributed by atoms with Crippen LogP contribution in [0.4, 0.5) is 5.69 Å². The zero-order valence-electron chi connectivity index (χ0n) is 13.4. The number of anilines is 1. The molecule has 24 heavy (non-hydrogen) atoms. The van der Waals surface area contributed by atoms with Crippen LogP contribution in [0.2, 0.25) is 0 Å². The molecule has 0 N–H and O–H groups in total. The molecule has 1 atom stereocenters. The molecule has 3 rings (SSSR count). The van der Waals surface area contributed by atoms with E-state index in [0.29, 0.717) is 23.4 Å². The first-order valence-electron chi connectivity index (χ1n) is 7.59. The molecule has 6 nitrogen and oxygen atoms in total. The van der Waals surface area contributed by atoms with Crippen LogP contribution in [0.25, 0.3) is 11.7 Å². The van der Waals surface area contributed by atoms with E-state index < -0.39 is 0 Å². The summed E-state index contributed by atoms with van der Waals surface area (Å²) in [5, 5.41) is 7.89.